The number of nitrogens with two attached hydrogens (primary N) is 1. The highest BCUT2D eigenvalue weighted by molar-refractivity contribution is 9.10. The molecule has 1 heterocycles. The number of nitrogens with one attached hydrogen (secondary N) is 1. The summed E-state index contributed by atoms with van der Waals surface area (Å²) < 4.78 is 0.923. The highest BCUT2D eigenvalue weighted by Gasteiger charge is 2.21. The molecule has 5 heteroatoms. The van der Waals surface area contributed by atoms with Crippen LogP contribution >= 0.6 is 15.9 Å². The number of aliphatic hydroxyl groups excluding tert-OH is 1. The number of nitrogen functional groups attached to an aromatic ring is 1. The standard InChI is InChI=1S/C13H18BrN3O/c14-10-3-4-12(11(6-10)13(15)16)17-5-1-2-9(7-17)8-18/h3-4,6,9,18H,1-2,5,7-8H2,(H3,15,16). The fourth-order valence-electron chi connectivity index (χ4n) is 2.43. The fourth-order valence-corrected chi connectivity index (χ4v) is 2.79. The summed E-state index contributed by atoms with van der Waals surface area (Å²) in [6, 6.07) is 5.82. The third-order valence-corrected chi connectivity index (χ3v) is 3.86. The molecular weight excluding hydrogens is 294 g/mol. The summed E-state index contributed by atoms with van der Waals surface area (Å²) in [6.07, 6.45) is 2.14. The molecule has 0 aliphatic carbocycles. The number of rotatable bonds is 3. The third kappa shape index (κ3) is 2.84. The van der Waals surface area contributed by atoms with E-state index in [1.54, 1.807) is 0 Å². The van der Waals surface area contributed by atoms with Gasteiger partial charge in [-0.05, 0) is 37.0 Å². The van der Waals surface area contributed by atoms with Gasteiger partial charge in [-0.15, -0.1) is 0 Å². The van der Waals surface area contributed by atoms with Gasteiger partial charge >= 0.3 is 0 Å². The van der Waals surface area contributed by atoms with Crippen LogP contribution in [0.2, 0.25) is 0 Å². The van der Waals surface area contributed by atoms with Crippen LogP contribution in [0, 0.1) is 11.3 Å². The van der Waals surface area contributed by atoms with E-state index in [2.05, 4.69) is 20.8 Å². The van der Waals surface area contributed by atoms with E-state index in [4.69, 9.17) is 11.1 Å². The van der Waals surface area contributed by atoms with Crippen molar-refractivity contribution in [3.8, 4) is 0 Å². The molecule has 1 atom stereocenters. The van der Waals surface area contributed by atoms with Gasteiger partial charge in [0.25, 0.3) is 0 Å². The highest BCUT2D eigenvalue weighted by Crippen LogP contribution is 2.28. The summed E-state index contributed by atoms with van der Waals surface area (Å²) >= 11 is 3.40. The molecule has 1 aromatic rings. The van der Waals surface area contributed by atoms with Crippen molar-refractivity contribution in [1.29, 1.82) is 5.41 Å². The van der Waals surface area contributed by atoms with Crippen molar-refractivity contribution in [3.63, 3.8) is 0 Å². The van der Waals surface area contributed by atoms with Crippen molar-refractivity contribution >= 4 is 27.5 Å². The molecule has 0 amide bonds. The topological polar surface area (TPSA) is 73.3 Å². The Hall–Kier alpha value is -1.07. The molecule has 0 bridgehead atoms. The Bertz CT molecular complexity index is 450. The monoisotopic (exact) mass is 311 g/mol. The summed E-state index contributed by atoms with van der Waals surface area (Å²) in [7, 11) is 0. The van der Waals surface area contributed by atoms with E-state index in [9.17, 15) is 5.11 Å². The van der Waals surface area contributed by atoms with Crippen molar-refractivity contribution in [1.82, 2.24) is 0 Å². The number of hydrogen-bond donors (Lipinski definition) is 3. The molecule has 1 aliphatic rings. The van der Waals surface area contributed by atoms with Gasteiger partial charge in [0.1, 0.15) is 5.84 Å². The number of benzene rings is 1. The zero-order valence-electron chi connectivity index (χ0n) is 10.2. The zero-order chi connectivity index (χ0) is 13.1. The number of anilines is 1. The quantitative estimate of drug-likeness (QED) is 0.590. The first-order valence-corrected chi connectivity index (χ1v) is 6.91. The van der Waals surface area contributed by atoms with E-state index in [-0.39, 0.29) is 12.4 Å². The number of amidine groups is 1. The minimum atomic E-state index is 0.0809. The van der Waals surface area contributed by atoms with Crippen LogP contribution in [-0.2, 0) is 0 Å². The first-order chi connectivity index (χ1) is 8.61. The molecule has 4 nitrogen and oxygen atoms in total. The maximum atomic E-state index is 9.28. The molecule has 1 aliphatic heterocycles. The van der Waals surface area contributed by atoms with Crippen LogP contribution < -0.4 is 10.6 Å². The van der Waals surface area contributed by atoms with Crippen LogP contribution in [0.1, 0.15) is 18.4 Å². The second-order valence-electron chi connectivity index (χ2n) is 4.71. The van der Waals surface area contributed by atoms with Crippen LogP contribution in [0.4, 0.5) is 5.69 Å². The summed E-state index contributed by atoms with van der Waals surface area (Å²) in [5, 5.41) is 16.9. The first kappa shape index (κ1) is 13.4. The van der Waals surface area contributed by atoms with E-state index in [1.165, 1.54) is 0 Å². The van der Waals surface area contributed by atoms with E-state index < -0.39 is 0 Å². The largest absolute Gasteiger partial charge is 0.396 e. The molecule has 0 spiro atoms. The van der Waals surface area contributed by atoms with Crippen LogP contribution in [0.15, 0.2) is 22.7 Å². The second kappa shape index (κ2) is 5.71. The van der Waals surface area contributed by atoms with Gasteiger partial charge in [0, 0.05) is 35.4 Å². The molecule has 2 rings (SSSR count). The molecule has 98 valence electrons. The summed E-state index contributed by atoms with van der Waals surface area (Å²) in [6.45, 7) is 2.01. The molecule has 18 heavy (non-hydrogen) atoms. The first-order valence-electron chi connectivity index (χ1n) is 6.11. The predicted octanol–water partition coefficient (Wildman–Crippen LogP) is 1.94. The minimum Gasteiger partial charge on any atom is -0.396 e. The third-order valence-electron chi connectivity index (χ3n) is 3.37. The number of aliphatic hydroxyl groups is 1. The lowest BCUT2D eigenvalue weighted by Gasteiger charge is -2.34. The van der Waals surface area contributed by atoms with Crippen LogP contribution in [0.25, 0.3) is 0 Å². The molecule has 0 radical (unpaired) electrons. The smallest absolute Gasteiger partial charge is 0.124 e. The fraction of sp³-hybridized carbons (Fsp3) is 0.462. The average molecular weight is 312 g/mol. The number of nitrogens with zero attached hydrogens (tertiary/aromatic N) is 1. The van der Waals surface area contributed by atoms with Gasteiger partial charge < -0.3 is 15.7 Å². The van der Waals surface area contributed by atoms with Crippen molar-refractivity contribution in [2.24, 2.45) is 11.7 Å². The summed E-state index contributed by atoms with van der Waals surface area (Å²) in [5.74, 6) is 0.402. The van der Waals surface area contributed by atoms with Crippen LogP contribution in [0.3, 0.4) is 0 Å². The Morgan fingerprint density at radius 3 is 3.00 bits per heavy atom. The second-order valence-corrected chi connectivity index (χ2v) is 5.63. The van der Waals surface area contributed by atoms with Gasteiger partial charge in [-0.1, -0.05) is 15.9 Å². The van der Waals surface area contributed by atoms with Crippen molar-refractivity contribution < 1.29 is 5.11 Å². The maximum Gasteiger partial charge on any atom is 0.124 e. The lowest BCUT2D eigenvalue weighted by atomic mass is 9.97. The molecule has 1 aromatic carbocycles. The van der Waals surface area contributed by atoms with E-state index >= 15 is 0 Å². The van der Waals surface area contributed by atoms with Crippen LogP contribution in [0.5, 0.6) is 0 Å². The van der Waals surface area contributed by atoms with Gasteiger partial charge in [-0.3, -0.25) is 5.41 Å². The summed E-state index contributed by atoms with van der Waals surface area (Å²) in [4.78, 5) is 2.22. The lowest BCUT2D eigenvalue weighted by molar-refractivity contribution is 0.208. The normalized spacial score (nSPS) is 19.9. The number of hydrogen-bond acceptors (Lipinski definition) is 3. The van der Waals surface area contributed by atoms with Gasteiger partial charge in [-0.25, -0.2) is 0 Å². The van der Waals surface area contributed by atoms with Gasteiger partial charge in [-0.2, -0.15) is 0 Å². The Morgan fingerprint density at radius 1 is 1.56 bits per heavy atom. The Balaban J connectivity index is 2.29. The SMILES string of the molecule is N=C(N)c1cc(Br)ccc1N1CCCC(CO)C1. The molecule has 1 unspecified atom stereocenters. The molecule has 0 aromatic heterocycles. The van der Waals surface area contributed by atoms with E-state index in [0.29, 0.717) is 5.92 Å². The minimum absolute atomic E-state index is 0.0809. The molecule has 4 N–H and O–H groups in total. The van der Waals surface area contributed by atoms with Gasteiger partial charge in [0.05, 0.1) is 0 Å². The van der Waals surface area contributed by atoms with E-state index in [0.717, 1.165) is 41.7 Å². The molecular formula is C13H18BrN3O. The lowest BCUT2D eigenvalue weighted by Crippen LogP contribution is -2.38. The van der Waals surface area contributed by atoms with Gasteiger partial charge in [0.15, 0.2) is 0 Å². The Labute approximate surface area is 115 Å². The van der Waals surface area contributed by atoms with Crippen molar-refractivity contribution in [2.45, 2.75) is 12.8 Å². The number of halogens is 1. The van der Waals surface area contributed by atoms with E-state index in [1.807, 2.05) is 18.2 Å². The molecule has 1 saturated heterocycles. The van der Waals surface area contributed by atoms with Crippen LogP contribution in [-0.4, -0.2) is 30.6 Å². The van der Waals surface area contributed by atoms with Crippen molar-refractivity contribution in [3.05, 3.63) is 28.2 Å². The number of piperidine rings is 1. The predicted molar refractivity (Wildman–Crippen MR) is 77.2 cm³/mol. The van der Waals surface area contributed by atoms with Crippen molar-refractivity contribution in [2.75, 3.05) is 24.6 Å². The van der Waals surface area contributed by atoms with Gasteiger partial charge in [0.2, 0.25) is 0 Å². The Kier molecular flexibility index (Phi) is 4.24. The molecule has 1 fully saturated rings. The Morgan fingerprint density at radius 2 is 2.33 bits per heavy atom. The molecule has 0 saturated carbocycles. The summed E-state index contributed by atoms with van der Waals surface area (Å²) in [5.41, 5.74) is 7.39. The maximum absolute atomic E-state index is 9.28. The zero-order valence-corrected chi connectivity index (χ0v) is 11.8. The highest BCUT2D eigenvalue weighted by atomic mass is 79.9. The average Bonchev–Trinajstić information content (AvgIpc) is 2.38.